The van der Waals surface area contributed by atoms with Gasteiger partial charge in [-0.2, -0.15) is 0 Å². The van der Waals surface area contributed by atoms with Crippen molar-refractivity contribution < 1.29 is 18.4 Å². The number of carbonyl (C=O) groups excluding carboxylic acids is 2. The number of piperidine rings is 1. The van der Waals surface area contributed by atoms with E-state index in [2.05, 4.69) is 9.97 Å². The summed E-state index contributed by atoms with van der Waals surface area (Å²) < 4.78 is 28.3. The van der Waals surface area contributed by atoms with E-state index in [0.717, 1.165) is 17.3 Å². The zero-order valence-corrected chi connectivity index (χ0v) is 12.5. The molecule has 1 aromatic rings. The summed E-state index contributed by atoms with van der Waals surface area (Å²) in [6.07, 6.45) is 0.766. The molecule has 3 heterocycles. The van der Waals surface area contributed by atoms with Crippen LogP contribution in [0.15, 0.2) is 17.2 Å². The summed E-state index contributed by atoms with van der Waals surface area (Å²) in [7, 11) is 1.56. The average Bonchev–Trinajstić information content (AvgIpc) is 2.73. The highest BCUT2D eigenvalue weighted by Gasteiger charge is 2.57. The Labute approximate surface area is 130 Å². The smallest absolute Gasteiger partial charge is 0.272 e. The molecular weight excluding hydrogens is 310 g/mol. The van der Waals surface area contributed by atoms with Crippen LogP contribution in [0.2, 0.25) is 0 Å². The second-order valence-electron chi connectivity index (χ2n) is 6.25. The first kappa shape index (κ1) is 15.6. The molecule has 3 rings (SSSR count). The zero-order valence-electron chi connectivity index (χ0n) is 12.5. The number of aromatic nitrogens is 2. The topological polar surface area (TPSA) is 86.4 Å². The van der Waals surface area contributed by atoms with Gasteiger partial charge in [-0.15, -0.1) is 0 Å². The van der Waals surface area contributed by atoms with Crippen LogP contribution in [0.3, 0.4) is 0 Å². The number of aromatic amines is 1. The van der Waals surface area contributed by atoms with E-state index >= 15 is 0 Å². The summed E-state index contributed by atoms with van der Waals surface area (Å²) in [4.78, 5) is 44.3. The van der Waals surface area contributed by atoms with E-state index in [-0.39, 0.29) is 24.6 Å². The van der Waals surface area contributed by atoms with Crippen LogP contribution < -0.4 is 5.56 Å². The van der Waals surface area contributed by atoms with E-state index < -0.39 is 35.8 Å². The number of halogens is 2. The van der Waals surface area contributed by atoms with Crippen molar-refractivity contribution >= 4 is 11.8 Å². The summed E-state index contributed by atoms with van der Waals surface area (Å²) in [5.74, 6) is -4.29. The maximum atomic E-state index is 14.2. The Morgan fingerprint density at radius 1 is 1.35 bits per heavy atom. The van der Waals surface area contributed by atoms with Crippen molar-refractivity contribution in [3.05, 3.63) is 28.4 Å². The molecule has 2 saturated heterocycles. The SMILES string of the molecule is CN1CC[C@@]2(CN(C(=O)c3cc(=O)[nH]cn3)CC(F)(F)C2)C1=O. The quantitative estimate of drug-likeness (QED) is 0.793. The van der Waals surface area contributed by atoms with Crippen LogP contribution in [0.25, 0.3) is 0 Å². The zero-order chi connectivity index (χ0) is 16.8. The summed E-state index contributed by atoms with van der Waals surface area (Å²) in [5.41, 5.74) is -2.01. The van der Waals surface area contributed by atoms with Crippen LogP contribution in [0.5, 0.6) is 0 Å². The fraction of sp³-hybridized carbons (Fsp3) is 0.571. The highest BCUT2D eigenvalue weighted by molar-refractivity contribution is 5.93. The molecule has 0 bridgehead atoms. The van der Waals surface area contributed by atoms with E-state index in [9.17, 15) is 23.2 Å². The van der Waals surface area contributed by atoms with Crippen LogP contribution in [0.1, 0.15) is 23.3 Å². The molecule has 1 atom stereocenters. The molecule has 23 heavy (non-hydrogen) atoms. The monoisotopic (exact) mass is 326 g/mol. The van der Waals surface area contributed by atoms with Crippen molar-refractivity contribution in [2.24, 2.45) is 5.41 Å². The predicted molar refractivity (Wildman–Crippen MR) is 75.0 cm³/mol. The first-order valence-electron chi connectivity index (χ1n) is 7.20. The number of nitrogens with one attached hydrogen (secondary N) is 1. The van der Waals surface area contributed by atoms with Crippen molar-refractivity contribution in [2.45, 2.75) is 18.8 Å². The van der Waals surface area contributed by atoms with Gasteiger partial charge in [-0.1, -0.05) is 0 Å². The normalized spacial score (nSPS) is 26.8. The minimum atomic E-state index is -3.16. The Morgan fingerprint density at radius 2 is 2.09 bits per heavy atom. The van der Waals surface area contributed by atoms with E-state index in [1.165, 1.54) is 4.90 Å². The van der Waals surface area contributed by atoms with Crippen molar-refractivity contribution in [2.75, 3.05) is 26.7 Å². The molecule has 0 unspecified atom stereocenters. The van der Waals surface area contributed by atoms with Crippen LogP contribution in [0.4, 0.5) is 8.78 Å². The lowest BCUT2D eigenvalue weighted by molar-refractivity contribution is -0.150. The molecule has 0 aromatic carbocycles. The van der Waals surface area contributed by atoms with Gasteiger partial charge in [0.05, 0.1) is 18.3 Å². The summed E-state index contributed by atoms with van der Waals surface area (Å²) in [5, 5.41) is 0. The lowest BCUT2D eigenvalue weighted by atomic mass is 9.77. The summed E-state index contributed by atoms with van der Waals surface area (Å²) in [6.45, 7) is -0.474. The Balaban J connectivity index is 1.92. The predicted octanol–water partition coefficient (Wildman–Crippen LogP) is 0.0996. The Morgan fingerprint density at radius 3 is 2.70 bits per heavy atom. The largest absolute Gasteiger partial charge is 0.345 e. The van der Waals surface area contributed by atoms with Gasteiger partial charge in [0.25, 0.3) is 17.4 Å². The first-order chi connectivity index (χ1) is 10.7. The third-order valence-corrected chi connectivity index (χ3v) is 4.42. The number of likely N-dealkylation sites (tertiary alicyclic amines) is 2. The van der Waals surface area contributed by atoms with Gasteiger partial charge < -0.3 is 14.8 Å². The molecule has 124 valence electrons. The first-order valence-corrected chi connectivity index (χ1v) is 7.20. The van der Waals surface area contributed by atoms with Crippen molar-refractivity contribution in [1.82, 2.24) is 19.8 Å². The number of rotatable bonds is 1. The molecule has 0 saturated carbocycles. The van der Waals surface area contributed by atoms with Gasteiger partial charge in [0.2, 0.25) is 5.91 Å². The number of hydrogen-bond donors (Lipinski definition) is 1. The summed E-state index contributed by atoms with van der Waals surface area (Å²) >= 11 is 0. The fourth-order valence-electron chi connectivity index (χ4n) is 3.40. The highest BCUT2D eigenvalue weighted by Crippen LogP contribution is 2.45. The highest BCUT2D eigenvalue weighted by atomic mass is 19.3. The van der Waals surface area contributed by atoms with Gasteiger partial charge in [0.1, 0.15) is 5.69 Å². The standard InChI is InChI=1S/C14H16F2N4O3/c1-19-3-2-13(12(19)23)5-14(15,16)7-20(6-13)11(22)9-4-10(21)18-8-17-9/h4,8H,2-3,5-7H2,1H3,(H,17,18,21)/t13-/m1/s1. The Kier molecular flexibility index (Phi) is 3.46. The fourth-order valence-corrected chi connectivity index (χ4v) is 3.40. The van der Waals surface area contributed by atoms with E-state index in [0.29, 0.717) is 6.54 Å². The molecule has 7 nitrogen and oxygen atoms in total. The summed E-state index contributed by atoms with van der Waals surface area (Å²) in [6, 6.07) is 0.963. The number of amides is 2. The van der Waals surface area contributed by atoms with E-state index in [4.69, 9.17) is 0 Å². The molecule has 0 radical (unpaired) electrons. The second kappa shape index (κ2) is 5.10. The molecule has 2 aliphatic heterocycles. The molecule has 2 aliphatic rings. The third kappa shape index (κ3) is 2.71. The molecule has 1 aromatic heterocycles. The Bertz CT molecular complexity index is 720. The van der Waals surface area contributed by atoms with Gasteiger partial charge >= 0.3 is 0 Å². The minimum Gasteiger partial charge on any atom is -0.345 e. The van der Waals surface area contributed by atoms with Crippen LogP contribution >= 0.6 is 0 Å². The Hall–Kier alpha value is -2.32. The molecule has 2 fully saturated rings. The van der Waals surface area contributed by atoms with Crippen LogP contribution in [-0.2, 0) is 4.79 Å². The van der Waals surface area contributed by atoms with E-state index in [1.807, 2.05) is 0 Å². The van der Waals surface area contributed by atoms with Crippen molar-refractivity contribution in [1.29, 1.82) is 0 Å². The molecular formula is C14H16F2N4O3. The lowest BCUT2D eigenvalue weighted by Crippen LogP contribution is -2.57. The second-order valence-corrected chi connectivity index (χ2v) is 6.25. The molecule has 1 spiro atoms. The number of hydrogen-bond acceptors (Lipinski definition) is 4. The van der Waals surface area contributed by atoms with Gasteiger partial charge in [-0.3, -0.25) is 14.4 Å². The van der Waals surface area contributed by atoms with Crippen LogP contribution in [-0.4, -0.2) is 64.2 Å². The number of carbonyl (C=O) groups is 2. The number of nitrogens with zero attached hydrogens (tertiary/aromatic N) is 3. The molecule has 9 heteroatoms. The van der Waals surface area contributed by atoms with Gasteiger partial charge in [-0.05, 0) is 6.42 Å². The lowest BCUT2D eigenvalue weighted by Gasteiger charge is -2.42. The molecule has 1 N–H and O–H groups in total. The maximum Gasteiger partial charge on any atom is 0.272 e. The van der Waals surface area contributed by atoms with Crippen molar-refractivity contribution in [3.8, 4) is 0 Å². The van der Waals surface area contributed by atoms with Crippen molar-refractivity contribution in [3.63, 3.8) is 0 Å². The number of alkyl halides is 2. The number of H-pyrrole nitrogens is 1. The van der Waals surface area contributed by atoms with Gasteiger partial charge in [0.15, 0.2) is 0 Å². The minimum absolute atomic E-state index is 0.0843. The van der Waals surface area contributed by atoms with Gasteiger partial charge in [0, 0.05) is 32.6 Å². The molecule has 0 aliphatic carbocycles. The molecule has 2 amide bonds. The van der Waals surface area contributed by atoms with Crippen LogP contribution in [0, 0.1) is 5.41 Å². The maximum absolute atomic E-state index is 14.2. The van der Waals surface area contributed by atoms with E-state index in [1.54, 1.807) is 7.05 Å². The average molecular weight is 326 g/mol. The third-order valence-electron chi connectivity index (χ3n) is 4.42. The van der Waals surface area contributed by atoms with Gasteiger partial charge in [-0.25, -0.2) is 13.8 Å².